The minimum atomic E-state index is 0.130. The molecule has 3 heteroatoms. The van der Waals surface area contributed by atoms with Gasteiger partial charge >= 0.3 is 0 Å². The molecule has 0 radical (unpaired) electrons. The third kappa shape index (κ3) is 2.25. The van der Waals surface area contributed by atoms with Gasteiger partial charge in [0.25, 0.3) is 0 Å². The van der Waals surface area contributed by atoms with Gasteiger partial charge in [-0.3, -0.25) is 4.90 Å². The van der Waals surface area contributed by atoms with Gasteiger partial charge in [0.2, 0.25) is 0 Å². The third-order valence-corrected chi connectivity index (χ3v) is 4.37. The summed E-state index contributed by atoms with van der Waals surface area (Å²) in [5, 5.41) is 0. The zero-order chi connectivity index (χ0) is 12.5. The topological polar surface area (TPSA) is 32.5 Å². The van der Waals surface area contributed by atoms with Gasteiger partial charge in [-0.25, -0.2) is 0 Å². The lowest BCUT2D eigenvalue weighted by Gasteiger charge is -2.38. The lowest BCUT2D eigenvalue weighted by atomic mass is 10.1. The van der Waals surface area contributed by atoms with Crippen LogP contribution in [0.25, 0.3) is 0 Å². The van der Waals surface area contributed by atoms with E-state index in [1.54, 1.807) is 0 Å². The Hall–Kier alpha value is -1.06. The monoisotopic (exact) mass is 245 g/mol. The van der Waals surface area contributed by atoms with Gasteiger partial charge in [-0.05, 0) is 44.0 Å². The quantitative estimate of drug-likeness (QED) is 0.865. The van der Waals surface area contributed by atoms with Gasteiger partial charge in [0.15, 0.2) is 0 Å². The van der Waals surface area contributed by atoms with E-state index in [0.29, 0.717) is 0 Å². The van der Waals surface area contributed by atoms with Crippen LogP contribution in [-0.4, -0.2) is 37.1 Å². The first-order valence-electron chi connectivity index (χ1n) is 7.08. The van der Waals surface area contributed by atoms with Gasteiger partial charge < -0.3 is 10.6 Å². The fourth-order valence-corrected chi connectivity index (χ4v) is 3.21. The Morgan fingerprint density at radius 3 is 2.67 bits per heavy atom. The predicted molar refractivity (Wildman–Crippen MR) is 75.9 cm³/mol. The smallest absolute Gasteiger partial charge is 0.0367 e. The first-order chi connectivity index (χ1) is 8.74. The summed E-state index contributed by atoms with van der Waals surface area (Å²) in [7, 11) is 0. The Bertz CT molecular complexity index is 399. The van der Waals surface area contributed by atoms with Crippen molar-refractivity contribution >= 4 is 5.69 Å². The van der Waals surface area contributed by atoms with Crippen LogP contribution in [0.15, 0.2) is 24.3 Å². The molecule has 0 bridgehead atoms. The maximum absolute atomic E-state index is 5.89. The van der Waals surface area contributed by atoms with Crippen LogP contribution in [0.4, 0.5) is 5.69 Å². The van der Waals surface area contributed by atoms with E-state index in [-0.39, 0.29) is 6.04 Å². The number of fused-ring (bicyclic) bond motifs is 1. The number of nitrogens with two attached hydrogens (primary N) is 1. The second-order valence-corrected chi connectivity index (χ2v) is 5.66. The van der Waals surface area contributed by atoms with Gasteiger partial charge in [-0.2, -0.15) is 0 Å². The average molecular weight is 245 g/mol. The summed E-state index contributed by atoms with van der Waals surface area (Å²) < 4.78 is 0. The number of rotatable bonds is 2. The van der Waals surface area contributed by atoms with E-state index in [1.165, 1.54) is 43.7 Å². The Kier molecular flexibility index (Phi) is 3.27. The maximum Gasteiger partial charge on any atom is 0.0367 e. The van der Waals surface area contributed by atoms with E-state index in [0.717, 1.165) is 12.6 Å². The molecule has 2 saturated heterocycles. The second kappa shape index (κ2) is 4.90. The Morgan fingerprint density at radius 1 is 1.17 bits per heavy atom. The summed E-state index contributed by atoms with van der Waals surface area (Å²) in [5.41, 5.74) is 8.47. The van der Waals surface area contributed by atoms with Gasteiger partial charge in [0, 0.05) is 37.4 Å². The molecule has 0 spiro atoms. The molecule has 1 unspecified atom stereocenters. The summed E-state index contributed by atoms with van der Waals surface area (Å²) in [4.78, 5) is 5.17. The number of benzene rings is 1. The van der Waals surface area contributed by atoms with E-state index < -0.39 is 0 Å². The zero-order valence-electron chi connectivity index (χ0n) is 11.2. The van der Waals surface area contributed by atoms with Crippen LogP contribution < -0.4 is 10.6 Å². The van der Waals surface area contributed by atoms with Crippen LogP contribution in [0.3, 0.4) is 0 Å². The average Bonchev–Trinajstić information content (AvgIpc) is 2.86. The molecule has 2 heterocycles. The number of hydrogen-bond donors (Lipinski definition) is 1. The summed E-state index contributed by atoms with van der Waals surface area (Å²) in [5.74, 6) is 0. The van der Waals surface area contributed by atoms with E-state index in [4.69, 9.17) is 5.73 Å². The molecule has 2 aliphatic heterocycles. The van der Waals surface area contributed by atoms with Crippen molar-refractivity contribution < 1.29 is 0 Å². The Labute approximate surface area is 110 Å². The molecular formula is C15H23N3. The molecule has 98 valence electrons. The lowest BCUT2D eigenvalue weighted by Crippen LogP contribution is -2.50. The molecule has 1 aromatic carbocycles. The molecule has 0 aliphatic carbocycles. The van der Waals surface area contributed by atoms with Gasteiger partial charge in [-0.15, -0.1) is 0 Å². The molecule has 3 rings (SSSR count). The third-order valence-electron chi connectivity index (χ3n) is 4.37. The fourth-order valence-electron chi connectivity index (χ4n) is 3.21. The van der Waals surface area contributed by atoms with Crippen LogP contribution in [0, 0.1) is 0 Å². The Balaban J connectivity index is 1.71. The standard InChI is InChI=1S/C15H23N3/c1-12(16)13-4-6-14(7-5-13)18-10-9-17-8-2-3-15(17)11-18/h4-7,12,15H,2-3,8-11,16H2,1H3/t12-,15?/m1/s1. The summed E-state index contributed by atoms with van der Waals surface area (Å²) >= 11 is 0. The highest BCUT2D eigenvalue weighted by atomic mass is 15.3. The minimum Gasteiger partial charge on any atom is -0.369 e. The van der Waals surface area contributed by atoms with Gasteiger partial charge in [0.05, 0.1) is 0 Å². The number of hydrogen-bond acceptors (Lipinski definition) is 3. The first-order valence-corrected chi connectivity index (χ1v) is 7.08. The summed E-state index contributed by atoms with van der Waals surface area (Å²) in [6.07, 6.45) is 2.75. The van der Waals surface area contributed by atoms with E-state index in [9.17, 15) is 0 Å². The minimum absolute atomic E-state index is 0.130. The Morgan fingerprint density at radius 2 is 1.94 bits per heavy atom. The molecule has 18 heavy (non-hydrogen) atoms. The number of nitrogens with zero attached hydrogens (tertiary/aromatic N) is 2. The molecular weight excluding hydrogens is 222 g/mol. The van der Waals surface area contributed by atoms with Crippen LogP contribution in [-0.2, 0) is 0 Å². The van der Waals surface area contributed by atoms with Crippen molar-refractivity contribution in [1.29, 1.82) is 0 Å². The fraction of sp³-hybridized carbons (Fsp3) is 0.600. The highest BCUT2D eigenvalue weighted by Gasteiger charge is 2.30. The zero-order valence-corrected chi connectivity index (χ0v) is 11.2. The lowest BCUT2D eigenvalue weighted by molar-refractivity contribution is 0.231. The first kappa shape index (κ1) is 12.0. The van der Waals surface area contributed by atoms with Crippen molar-refractivity contribution in [2.45, 2.75) is 31.8 Å². The maximum atomic E-state index is 5.89. The largest absolute Gasteiger partial charge is 0.369 e. The SMILES string of the molecule is C[C@@H](N)c1ccc(N2CCN3CCCC3C2)cc1. The normalized spacial score (nSPS) is 26.1. The summed E-state index contributed by atoms with van der Waals surface area (Å²) in [6, 6.07) is 9.70. The molecule has 0 saturated carbocycles. The van der Waals surface area contributed by atoms with Gasteiger partial charge in [-0.1, -0.05) is 12.1 Å². The highest BCUT2D eigenvalue weighted by Crippen LogP contribution is 2.26. The summed E-state index contributed by atoms with van der Waals surface area (Å²) in [6.45, 7) is 6.92. The molecule has 2 N–H and O–H groups in total. The molecule has 2 atom stereocenters. The molecule has 2 fully saturated rings. The van der Waals surface area contributed by atoms with Crippen LogP contribution >= 0.6 is 0 Å². The van der Waals surface area contributed by atoms with Crippen LogP contribution in [0.2, 0.25) is 0 Å². The molecule has 0 aromatic heterocycles. The van der Waals surface area contributed by atoms with Crippen molar-refractivity contribution in [3.8, 4) is 0 Å². The molecule has 0 amide bonds. The van der Waals surface area contributed by atoms with Crippen molar-refractivity contribution in [1.82, 2.24) is 4.90 Å². The van der Waals surface area contributed by atoms with Gasteiger partial charge in [0.1, 0.15) is 0 Å². The predicted octanol–water partition coefficient (Wildman–Crippen LogP) is 1.99. The van der Waals surface area contributed by atoms with Crippen molar-refractivity contribution in [2.24, 2.45) is 5.73 Å². The van der Waals surface area contributed by atoms with E-state index in [1.807, 2.05) is 6.92 Å². The molecule has 1 aromatic rings. The molecule has 3 nitrogen and oxygen atoms in total. The van der Waals surface area contributed by atoms with Crippen LogP contribution in [0.1, 0.15) is 31.4 Å². The second-order valence-electron chi connectivity index (χ2n) is 5.66. The van der Waals surface area contributed by atoms with Crippen molar-refractivity contribution in [2.75, 3.05) is 31.1 Å². The highest BCUT2D eigenvalue weighted by molar-refractivity contribution is 5.48. The molecule has 2 aliphatic rings. The number of anilines is 1. The number of piperazine rings is 1. The van der Waals surface area contributed by atoms with Crippen molar-refractivity contribution in [3.05, 3.63) is 29.8 Å². The van der Waals surface area contributed by atoms with Crippen molar-refractivity contribution in [3.63, 3.8) is 0 Å². The van der Waals surface area contributed by atoms with Crippen LogP contribution in [0.5, 0.6) is 0 Å². The van der Waals surface area contributed by atoms with E-state index >= 15 is 0 Å². The van der Waals surface area contributed by atoms with E-state index in [2.05, 4.69) is 34.1 Å².